The molecule has 118 valence electrons. The number of allylic oxidation sites excluding steroid dienone is 5. The van der Waals surface area contributed by atoms with Gasteiger partial charge >= 0.3 is 0 Å². The first kappa shape index (κ1) is 16.5. The summed E-state index contributed by atoms with van der Waals surface area (Å²) < 4.78 is 0. The molecule has 1 saturated carbocycles. The van der Waals surface area contributed by atoms with Crippen molar-refractivity contribution < 1.29 is 5.11 Å². The van der Waals surface area contributed by atoms with Crippen LogP contribution in [0.3, 0.4) is 0 Å². The molecular formula is C20H32O. The summed E-state index contributed by atoms with van der Waals surface area (Å²) in [5, 5.41) is 10.6. The standard InChI is InChI=1S/C20H32O/c1-15-7-6-8-16(2)11-13-20(5)14-12-17(19(3,4)21)18(20)10-9-15/h7,10-11,17,21H,6,8-9,12-14H2,1-5H3/b15-7+,16-11+,18-10-/t17-,20+/m0/s1. The highest BCUT2D eigenvalue weighted by Crippen LogP contribution is 2.52. The predicted octanol–water partition coefficient (Wildman–Crippen LogP) is 5.57. The maximum atomic E-state index is 10.6. The summed E-state index contributed by atoms with van der Waals surface area (Å²) in [7, 11) is 0. The molecule has 2 rings (SSSR count). The number of fused-ring (bicyclic) bond motifs is 1. The largest absolute Gasteiger partial charge is 0.390 e. The first-order chi connectivity index (χ1) is 9.72. The zero-order valence-electron chi connectivity index (χ0n) is 14.5. The van der Waals surface area contributed by atoms with Crippen LogP contribution in [0.5, 0.6) is 0 Å². The maximum Gasteiger partial charge on any atom is 0.0656 e. The third-order valence-corrected chi connectivity index (χ3v) is 5.49. The Hall–Kier alpha value is -0.820. The molecule has 0 amide bonds. The van der Waals surface area contributed by atoms with Crippen molar-refractivity contribution in [1.29, 1.82) is 0 Å². The number of hydrogen-bond acceptors (Lipinski definition) is 1. The summed E-state index contributed by atoms with van der Waals surface area (Å²) in [6.45, 7) is 10.8. The third kappa shape index (κ3) is 3.88. The summed E-state index contributed by atoms with van der Waals surface area (Å²) >= 11 is 0. The van der Waals surface area contributed by atoms with E-state index in [1.54, 1.807) is 0 Å². The van der Waals surface area contributed by atoms with Gasteiger partial charge in [0.15, 0.2) is 0 Å². The van der Waals surface area contributed by atoms with E-state index >= 15 is 0 Å². The van der Waals surface area contributed by atoms with E-state index < -0.39 is 5.60 Å². The number of rotatable bonds is 1. The molecule has 0 saturated heterocycles. The average molecular weight is 288 g/mol. The monoisotopic (exact) mass is 288 g/mol. The summed E-state index contributed by atoms with van der Waals surface area (Å²) in [5.41, 5.74) is 4.08. The average Bonchev–Trinajstić information content (AvgIpc) is 2.70. The number of aliphatic hydroxyl groups is 1. The Kier molecular flexibility index (Phi) is 4.82. The fraction of sp³-hybridized carbons (Fsp3) is 0.700. The Labute approximate surface area is 130 Å². The molecule has 0 heterocycles. The van der Waals surface area contributed by atoms with Crippen LogP contribution in [0.15, 0.2) is 34.9 Å². The molecule has 0 aromatic rings. The van der Waals surface area contributed by atoms with Crippen molar-refractivity contribution in [2.75, 3.05) is 0 Å². The van der Waals surface area contributed by atoms with Crippen LogP contribution in [0, 0.1) is 11.3 Å². The fourth-order valence-corrected chi connectivity index (χ4v) is 3.93. The molecule has 0 radical (unpaired) electrons. The molecule has 0 aromatic heterocycles. The normalized spacial score (nSPS) is 39.1. The van der Waals surface area contributed by atoms with Crippen molar-refractivity contribution in [3.63, 3.8) is 0 Å². The molecule has 1 fully saturated rings. The van der Waals surface area contributed by atoms with Gasteiger partial charge < -0.3 is 5.11 Å². The molecule has 0 aromatic carbocycles. The van der Waals surface area contributed by atoms with E-state index in [0.29, 0.717) is 5.92 Å². The van der Waals surface area contributed by atoms with Gasteiger partial charge in [-0.05, 0) is 71.6 Å². The maximum absolute atomic E-state index is 10.6. The van der Waals surface area contributed by atoms with Crippen molar-refractivity contribution in [2.45, 2.75) is 78.7 Å². The molecule has 1 heteroatoms. The first-order valence-electron chi connectivity index (χ1n) is 8.46. The highest BCUT2D eigenvalue weighted by atomic mass is 16.3. The Morgan fingerprint density at radius 1 is 1.14 bits per heavy atom. The van der Waals surface area contributed by atoms with E-state index in [1.807, 2.05) is 13.8 Å². The molecule has 0 aliphatic heterocycles. The van der Waals surface area contributed by atoms with Gasteiger partial charge in [0.25, 0.3) is 0 Å². The van der Waals surface area contributed by atoms with Crippen molar-refractivity contribution in [3.05, 3.63) is 34.9 Å². The van der Waals surface area contributed by atoms with Crippen molar-refractivity contribution >= 4 is 0 Å². The van der Waals surface area contributed by atoms with Gasteiger partial charge in [-0.15, -0.1) is 0 Å². The molecule has 1 N–H and O–H groups in total. The minimum Gasteiger partial charge on any atom is -0.390 e. The highest BCUT2D eigenvalue weighted by molar-refractivity contribution is 5.28. The van der Waals surface area contributed by atoms with E-state index in [-0.39, 0.29) is 5.41 Å². The van der Waals surface area contributed by atoms with Gasteiger partial charge in [0, 0.05) is 5.92 Å². The Morgan fingerprint density at radius 3 is 2.52 bits per heavy atom. The van der Waals surface area contributed by atoms with Gasteiger partial charge in [-0.3, -0.25) is 0 Å². The molecule has 2 aliphatic rings. The summed E-state index contributed by atoms with van der Waals surface area (Å²) in [4.78, 5) is 0. The smallest absolute Gasteiger partial charge is 0.0656 e. The van der Waals surface area contributed by atoms with E-state index in [9.17, 15) is 5.11 Å². The van der Waals surface area contributed by atoms with Crippen LogP contribution < -0.4 is 0 Å². The fourth-order valence-electron chi connectivity index (χ4n) is 3.93. The minimum atomic E-state index is -0.611. The van der Waals surface area contributed by atoms with Crippen molar-refractivity contribution in [2.24, 2.45) is 11.3 Å². The van der Waals surface area contributed by atoms with Gasteiger partial charge in [-0.2, -0.15) is 0 Å². The SMILES string of the molecule is C/C1=C\CC/C(C)=C/C[C@]2(C)CC[C@H](C(C)(C)O)/C2=C/C1. The zero-order valence-corrected chi connectivity index (χ0v) is 14.5. The van der Waals surface area contributed by atoms with Gasteiger partial charge in [-0.1, -0.05) is 41.9 Å². The van der Waals surface area contributed by atoms with Gasteiger partial charge in [0.1, 0.15) is 0 Å². The molecule has 2 atom stereocenters. The Bertz CT molecular complexity index is 473. The topological polar surface area (TPSA) is 20.2 Å². The lowest BCUT2D eigenvalue weighted by Gasteiger charge is -2.32. The van der Waals surface area contributed by atoms with Crippen LogP contribution in [0.25, 0.3) is 0 Å². The molecule has 0 spiro atoms. The number of hydrogen-bond donors (Lipinski definition) is 1. The van der Waals surface area contributed by atoms with Gasteiger partial charge in [0.2, 0.25) is 0 Å². The van der Waals surface area contributed by atoms with Gasteiger partial charge in [0.05, 0.1) is 5.60 Å². The van der Waals surface area contributed by atoms with Crippen molar-refractivity contribution in [3.8, 4) is 0 Å². The summed E-state index contributed by atoms with van der Waals surface area (Å²) in [5.74, 6) is 0.310. The van der Waals surface area contributed by atoms with Crippen LogP contribution in [0.1, 0.15) is 73.1 Å². The van der Waals surface area contributed by atoms with Crippen LogP contribution >= 0.6 is 0 Å². The molecule has 2 aliphatic carbocycles. The Balaban J connectivity index is 2.39. The molecule has 21 heavy (non-hydrogen) atoms. The minimum absolute atomic E-state index is 0.233. The first-order valence-corrected chi connectivity index (χ1v) is 8.46. The second-order valence-electron chi connectivity index (χ2n) is 8.01. The van der Waals surface area contributed by atoms with E-state index in [2.05, 4.69) is 39.0 Å². The molecule has 0 unspecified atom stereocenters. The third-order valence-electron chi connectivity index (χ3n) is 5.49. The molecule has 1 nitrogen and oxygen atoms in total. The zero-order chi connectivity index (χ0) is 15.7. The summed E-state index contributed by atoms with van der Waals surface area (Å²) in [6.07, 6.45) is 14.0. The quantitative estimate of drug-likeness (QED) is 0.626. The van der Waals surface area contributed by atoms with Crippen molar-refractivity contribution in [1.82, 2.24) is 0 Å². The van der Waals surface area contributed by atoms with Crippen LogP contribution in [0.4, 0.5) is 0 Å². The predicted molar refractivity (Wildman–Crippen MR) is 91.2 cm³/mol. The van der Waals surface area contributed by atoms with Crippen LogP contribution in [0.2, 0.25) is 0 Å². The van der Waals surface area contributed by atoms with E-state index in [0.717, 1.165) is 25.7 Å². The summed E-state index contributed by atoms with van der Waals surface area (Å²) in [6, 6.07) is 0. The van der Waals surface area contributed by atoms with Crippen LogP contribution in [-0.2, 0) is 0 Å². The van der Waals surface area contributed by atoms with E-state index in [1.165, 1.54) is 29.6 Å². The second-order valence-corrected chi connectivity index (χ2v) is 8.01. The highest BCUT2D eigenvalue weighted by Gasteiger charge is 2.44. The lowest BCUT2D eigenvalue weighted by Crippen LogP contribution is -2.32. The lowest BCUT2D eigenvalue weighted by atomic mass is 9.75. The van der Waals surface area contributed by atoms with Gasteiger partial charge in [-0.25, -0.2) is 0 Å². The van der Waals surface area contributed by atoms with E-state index in [4.69, 9.17) is 0 Å². The molecule has 0 bridgehead atoms. The second kappa shape index (κ2) is 6.12. The Morgan fingerprint density at radius 2 is 1.86 bits per heavy atom. The van der Waals surface area contributed by atoms with Crippen LogP contribution in [-0.4, -0.2) is 10.7 Å². The lowest BCUT2D eigenvalue weighted by molar-refractivity contribution is 0.0338. The molecular weight excluding hydrogens is 256 g/mol.